The molecule has 2 fully saturated rings. The summed E-state index contributed by atoms with van der Waals surface area (Å²) in [7, 11) is 0. The molecule has 1 atom stereocenters. The Kier molecular flexibility index (Phi) is 5.19. The molecule has 0 spiro atoms. The van der Waals surface area contributed by atoms with Gasteiger partial charge in [0.25, 0.3) is 11.5 Å². The van der Waals surface area contributed by atoms with Crippen molar-refractivity contribution in [2.75, 3.05) is 13.2 Å². The zero-order valence-corrected chi connectivity index (χ0v) is 17.6. The number of aryl methyl sites for hydroxylation is 1. The molecule has 31 heavy (non-hydrogen) atoms. The monoisotopic (exact) mass is 418 g/mol. The summed E-state index contributed by atoms with van der Waals surface area (Å²) in [5.41, 5.74) is 2.53. The quantitative estimate of drug-likeness (QED) is 0.616. The van der Waals surface area contributed by atoms with Gasteiger partial charge in [-0.3, -0.25) is 14.2 Å². The third-order valence-corrected chi connectivity index (χ3v) is 6.03. The molecule has 160 valence electrons. The predicted molar refractivity (Wildman–Crippen MR) is 119 cm³/mol. The van der Waals surface area contributed by atoms with Crippen molar-refractivity contribution in [3.63, 3.8) is 0 Å². The lowest BCUT2D eigenvalue weighted by atomic mass is 10.0. The normalized spacial score (nSPS) is 17.9. The average molecular weight is 418 g/mol. The van der Waals surface area contributed by atoms with Gasteiger partial charge in [-0.15, -0.1) is 0 Å². The van der Waals surface area contributed by atoms with E-state index in [1.54, 1.807) is 18.2 Å². The van der Waals surface area contributed by atoms with Gasteiger partial charge in [-0.1, -0.05) is 6.07 Å². The number of hydrogen-bond acceptors (Lipinski definition) is 5. The highest BCUT2D eigenvalue weighted by molar-refractivity contribution is 5.95. The summed E-state index contributed by atoms with van der Waals surface area (Å²) in [5, 5.41) is 6.84. The molecule has 0 bridgehead atoms. The summed E-state index contributed by atoms with van der Waals surface area (Å²) in [6, 6.07) is 11.6. The molecule has 0 radical (unpaired) electrons. The molecular weight excluding hydrogens is 392 g/mol. The van der Waals surface area contributed by atoms with Gasteiger partial charge in [-0.05, 0) is 75.0 Å². The predicted octanol–water partition coefficient (Wildman–Crippen LogP) is 2.72. The summed E-state index contributed by atoms with van der Waals surface area (Å²) < 4.78 is 7.38. The summed E-state index contributed by atoms with van der Waals surface area (Å²) >= 11 is 0. The van der Waals surface area contributed by atoms with E-state index in [1.165, 1.54) is 17.3 Å². The lowest BCUT2D eigenvalue weighted by molar-refractivity contribution is 0.0951. The van der Waals surface area contributed by atoms with E-state index in [1.807, 2.05) is 25.1 Å². The van der Waals surface area contributed by atoms with Crippen molar-refractivity contribution < 1.29 is 9.53 Å². The number of rotatable bonds is 7. The van der Waals surface area contributed by atoms with Gasteiger partial charge in [0, 0.05) is 17.6 Å². The molecule has 3 aromatic rings. The first-order chi connectivity index (χ1) is 15.1. The van der Waals surface area contributed by atoms with Gasteiger partial charge in [0.05, 0.1) is 23.2 Å². The van der Waals surface area contributed by atoms with E-state index in [0.29, 0.717) is 40.6 Å². The Labute approximate surface area is 180 Å². The first-order valence-corrected chi connectivity index (χ1v) is 10.9. The number of carbonyl (C=O) groups is 1. The van der Waals surface area contributed by atoms with Crippen LogP contribution in [0.5, 0.6) is 5.75 Å². The molecule has 7 heteroatoms. The maximum absolute atomic E-state index is 13.3. The maximum Gasteiger partial charge on any atom is 0.265 e. The fraction of sp³-hybridized carbons (Fsp3) is 0.375. The zero-order valence-electron chi connectivity index (χ0n) is 17.6. The molecule has 1 aliphatic carbocycles. The minimum absolute atomic E-state index is 0.109. The van der Waals surface area contributed by atoms with Crippen LogP contribution in [0.25, 0.3) is 16.6 Å². The van der Waals surface area contributed by atoms with E-state index in [0.717, 1.165) is 31.4 Å². The largest absolute Gasteiger partial charge is 0.494 e. The number of benzene rings is 2. The maximum atomic E-state index is 13.3. The van der Waals surface area contributed by atoms with E-state index in [4.69, 9.17) is 4.74 Å². The zero-order chi connectivity index (χ0) is 21.4. The molecule has 1 aromatic heterocycles. The van der Waals surface area contributed by atoms with Gasteiger partial charge >= 0.3 is 0 Å². The molecule has 1 saturated carbocycles. The van der Waals surface area contributed by atoms with Gasteiger partial charge in [0.15, 0.2) is 0 Å². The Hall–Kier alpha value is -3.19. The Morgan fingerprint density at radius 3 is 2.81 bits per heavy atom. The Morgan fingerprint density at radius 2 is 2.06 bits per heavy atom. The second-order valence-electron chi connectivity index (χ2n) is 8.42. The highest BCUT2D eigenvalue weighted by Gasteiger charge is 2.24. The van der Waals surface area contributed by atoms with Crippen LogP contribution in [-0.4, -0.2) is 40.7 Å². The van der Waals surface area contributed by atoms with Crippen LogP contribution in [0.3, 0.4) is 0 Å². The van der Waals surface area contributed by atoms with Gasteiger partial charge in [0.2, 0.25) is 0 Å². The third-order valence-electron chi connectivity index (χ3n) is 6.03. The Bertz CT molecular complexity index is 1200. The summed E-state index contributed by atoms with van der Waals surface area (Å²) in [5.74, 6) is 0.556. The van der Waals surface area contributed by atoms with Crippen LogP contribution >= 0.6 is 0 Å². The van der Waals surface area contributed by atoms with Crippen molar-refractivity contribution >= 4 is 16.8 Å². The molecule has 5 rings (SSSR count). The Balaban J connectivity index is 1.44. The number of aromatic nitrogens is 2. The lowest BCUT2D eigenvalue weighted by Gasteiger charge is -2.27. The number of nitrogens with zero attached hydrogens (tertiary/aromatic N) is 2. The van der Waals surface area contributed by atoms with Crippen LogP contribution in [0.4, 0.5) is 0 Å². The van der Waals surface area contributed by atoms with Crippen LogP contribution in [0.2, 0.25) is 0 Å². The number of carbonyl (C=O) groups excluding carboxylic acids is 1. The fourth-order valence-corrected chi connectivity index (χ4v) is 3.78. The molecule has 2 aromatic carbocycles. The minimum Gasteiger partial charge on any atom is -0.494 e. The number of nitrogens with one attached hydrogen (secondary N) is 2. The smallest absolute Gasteiger partial charge is 0.265 e. The van der Waals surface area contributed by atoms with Gasteiger partial charge < -0.3 is 15.4 Å². The number of fused-ring (bicyclic) bond motifs is 1. The van der Waals surface area contributed by atoms with Gasteiger partial charge in [0.1, 0.15) is 12.1 Å². The van der Waals surface area contributed by atoms with Crippen molar-refractivity contribution in [1.29, 1.82) is 0 Å². The lowest BCUT2D eigenvalue weighted by Crippen LogP contribution is -2.43. The highest BCUT2D eigenvalue weighted by atomic mass is 16.5. The minimum atomic E-state index is -0.182. The van der Waals surface area contributed by atoms with Crippen LogP contribution in [-0.2, 0) is 0 Å². The molecule has 2 heterocycles. The van der Waals surface area contributed by atoms with Crippen LogP contribution in [0.15, 0.2) is 47.5 Å². The average Bonchev–Trinajstić information content (AvgIpc) is 3.55. The SMILES string of the molecule is Cc1ccc(C(=O)NC2CC2)cc1-n1cnc2ccc(OCCC3CCN3)cc2c1=O. The number of amides is 1. The van der Waals surface area contributed by atoms with Crippen molar-refractivity contribution in [2.45, 2.75) is 44.7 Å². The third kappa shape index (κ3) is 4.18. The van der Waals surface area contributed by atoms with Crippen LogP contribution in [0, 0.1) is 6.92 Å². The molecular formula is C24H26N4O3. The van der Waals surface area contributed by atoms with E-state index < -0.39 is 0 Å². The van der Waals surface area contributed by atoms with Crippen molar-refractivity contribution in [3.8, 4) is 11.4 Å². The van der Waals surface area contributed by atoms with Crippen molar-refractivity contribution in [1.82, 2.24) is 20.2 Å². The first-order valence-electron chi connectivity index (χ1n) is 10.9. The summed E-state index contributed by atoms with van der Waals surface area (Å²) in [6.45, 7) is 3.60. The second kappa shape index (κ2) is 8.15. The molecule has 2 N–H and O–H groups in total. The van der Waals surface area contributed by atoms with Crippen molar-refractivity contribution in [3.05, 3.63) is 64.2 Å². The molecule has 1 amide bonds. The molecule has 7 nitrogen and oxygen atoms in total. The van der Waals surface area contributed by atoms with E-state index in [9.17, 15) is 9.59 Å². The van der Waals surface area contributed by atoms with Crippen molar-refractivity contribution in [2.24, 2.45) is 0 Å². The first kappa shape index (κ1) is 19.8. The van der Waals surface area contributed by atoms with Crippen LogP contribution in [0.1, 0.15) is 41.6 Å². The number of hydrogen-bond donors (Lipinski definition) is 2. The summed E-state index contributed by atoms with van der Waals surface area (Å²) in [6.07, 6.45) is 5.72. The van der Waals surface area contributed by atoms with Crippen LogP contribution < -0.4 is 20.9 Å². The van der Waals surface area contributed by atoms with E-state index in [-0.39, 0.29) is 17.5 Å². The molecule has 2 aliphatic rings. The second-order valence-corrected chi connectivity index (χ2v) is 8.42. The highest BCUT2D eigenvalue weighted by Crippen LogP contribution is 2.22. The molecule has 1 unspecified atom stereocenters. The molecule has 1 aliphatic heterocycles. The standard InChI is InChI=1S/C24H26N4O3/c1-15-2-3-16(23(29)27-18-4-5-18)12-22(15)28-14-26-21-7-6-19(13-20(21)24(28)30)31-11-9-17-8-10-25-17/h2-3,6-7,12-14,17-18,25H,4-5,8-11H2,1H3,(H,27,29). The van der Waals surface area contributed by atoms with Gasteiger partial charge in [-0.25, -0.2) is 4.98 Å². The van der Waals surface area contributed by atoms with Gasteiger partial charge in [-0.2, -0.15) is 0 Å². The fourth-order valence-electron chi connectivity index (χ4n) is 3.78. The number of ether oxygens (including phenoxy) is 1. The summed E-state index contributed by atoms with van der Waals surface area (Å²) in [4.78, 5) is 30.2. The molecule has 1 saturated heterocycles. The Morgan fingerprint density at radius 1 is 1.23 bits per heavy atom. The topological polar surface area (TPSA) is 85.2 Å². The van der Waals surface area contributed by atoms with E-state index >= 15 is 0 Å². The van der Waals surface area contributed by atoms with E-state index in [2.05, 4.69) is 15.6 Å².